The van der Waals surface area contributed by atoms with Gasteiger partial charge in [-0.15, -0.1) is 10.2 Å². The molecule has 1 aromatic rings. The van der Waals surface area contributed by atoms with Crippen LogP contribution in [0.15, 0.2) is 6.33 Å². The van der Waals surface area contributed by atoms with Crippen molar-refractivity contribution >= 4 is 5.91 Å². The molecule has 1 unspecified atom stereocenters. The van der Waals surface area contributed by atoms with Crippen molar-refractivity contribution in [1.29, 1.82) is 0 Å². The van der Waals surface area contributed by atoms with E-state index in [1.807, 2.05) is 6.33 Å². The molecule has 26 heavy (non-hydrogen) atoms. The second-order valence-corrected chi connectivity index (χ2v) is 9.54. The minimum Gasteiger partial charge on any atom is -0.341 e. The highest BCUT2D eigenvalue weighted by atomic mass is 16.2. The molecule has 0 radical (unpaired) electrons. The van der Waals surface area contributed by atoms with Gasteiger partial charge in [0.25, 0.3) is 0 Å². The Balaban J connectivity index is 1.30. The Morgan fingerprint density at radius 1 is 1.08 bits per heavy atom. The smallest absolute Gasteiger partial charge is 0.222 e. The molecule has 5 rings (SSSR count). The van der Waals surface area contributed by atoms with E-state index >= 15 is 0 Å². The molecule has 1 amide bonds. The summed E-state index contributed by atoms with van der Waals surface area (Å²) in [5.41, 5.74) is 0.288. The number of rotatable bonds is 5. The first-order valence-electron chi connectivity index (χ1n) is 10.9. The van der Waals surface area contributed by atoms with Crippen molar-refractivity contribution in [3.05, 3.63) is 12.2 Å². The van der Waals surface area contributed by atoms with Crippen LogP contribution in [0.25, 0.3) is 0 Å². The summed E-state index contributed by atoms with van der Waals surface area (Å²) in [4.78, 5) is 15.2. The Kier molecular flexibility index (Phi) is 4.29. The van der Waals surface area contributed by atoms with Gasteiger partial charge in [-0.2, -0.15) is 0 Å². The highest BCUT2D eigenvalue weighted by molar-refractivity contribution is 5.77. The van der Waals surface area contributed by atoms with Crippen molar-refractivity contribution in [3.8, 4) is 0 Å². The normalized spacial score (nSPS) is 28.5. The van der Waals surface area contributed by atoms with Crippen molar-refractivity contribution in [2.24, 2.45) is 17.3 Å². The van der Waals surface area contributed by atoms with Crippen LogP contribution in [0.4, 0.5) is 0 Å². The number of carbonyl (C=O) groups is 1. The summed E-state index contributed by atoms with van der Waals surface area (Å²) in [7, 11) is 0. The average Bonchev–Trinajstić information content (AvgIpc) is 3.16. The predicted octanol–water partition coefficient (Wildman–Crippen LogP) is 3.75. The van der Waals surface area contributed by atoms with Gasteiger partial charge in [0.2, 0.25) is 5.91 Å². The van der Waals surface area contributed by atoms with Crippen LogP contribution in [0.5, 0.6) is 0 Å². The zero-order valence-electron chi connectivity index (χ0n) is 15.9. The minimum atomic E-state index is 0.288. The zero-order chi connectivity index (χ0) is 17.6. The topological polar surface area (TPSA) is 51.0 Å². The molecule has 4 aliphatic rings. The summed E-state index contributed by atoms with van der Waals surface area (Å²) >= 11 is 0. The number of likely N-dealkylation sites (tertiary alicyclic amines) is 1. The van der Waals surface area contributed by atoms with Gasteiger partial charge in [0.15, 0.2) is 0 Å². The molecule has 5 heteroatoms. The summed E-state index contributed by atoms with van der Waals surface area (Å²) in [6.45, 7) is 2.90. The van der Waals surface area contributed by atoms with E-state index < -0.39 is 0 Å². The summed E-state index contributed by atoms with van der Waals surface area (Å²) in [6.07, 6.45) is 15.7. The molecule has 5 nitrogen and oxygen atoms in total. The highest BCUT2D eigenvalue weighted by Crippen LogP contribution is 2.55. The number of aromatic nitrogens is 3. The maximum absolute atomic E-state index is 13.0. The fourth-order valence-electron chi connectivity index (χ4n) is 5.67. The molecule has 0 N–H and O–H groups in total. The first-order valence-corrected chi connectivity index (χ1v) is 10.9. The van der Waals surface area contributed by atoms with E-state index in [9.17, 15) is 4.79 Å². The van der Waals surface area contributed by atoms with Crippen LogP contribution in [0.1, 0.15) is 82.4 Å². The maximum atomic E-state index is 13.0. The molecule has 3 saturated carbocycles. The van der Waals surface area contributed by atoms with Crippen LogP contribution in [-0.2, 0) is 11.3 Å². The lowest BCUT2D eigenvalue weighted by Crippen LogP contribution is -2.38. The van der Waals surface area contributed by atoms with Gasteiger partial charge >= 0.3 is 0 Å². The maximum Gasteiger partial charge on any atom is 0.222 e. The van der Waals surface area contributed by atoms with Gasteiger partial charge < -0.3 is 9.47 Å². The molecule has 1 saturated heterocycles. The molecule has 0 aromatic carbocycles. The van der Waals surface area contributed by atoms with E-state index in [1.165, 1.54) is 64.2 Å². The number of carbonyl (C=O) groups excluding carboxylic acids is 1. The third-order valence-corrected chi connectivity index (χ3v) is 7.65. The van der Waals surface area contributed by atoms with Crippen molar-refractivity contribution < 1.29 is 4.79 Å². The molecule has 4 fully saturated rings. The van der Waals surface area contributed by atoms with Crippen LogP contribution in [0.3, 0.4) is 0 Å². The Bertz CT molecular complexity index is 655. The third-order valence-electron chi connectivity index (χ3n) is 7.65. The fraction of sp³-hybridized carbons (Fsp3) is 0.857. The summed E-state index contributed by atoms with van der Waals surface area (Å²) < 4.78 is 2.30. The summed E-state index contributed by atoms with van der Waals surface area (Å²) in [5.74, 6) is 3.41. The molecule has 2 heterocycles. The van der Waals surface area contributed by atoms with Crippen LogP contribution in [-0.4, -0.2) is 38.7 Å². The number of amides is 1. The van der Waals surface area contributed by atoms with Gasteiger partial charge in [0, 0.05) is 32.0 Å². The van der Waals surface area contributed by atoms with E-state index in [-0.39, 0.29) is 5.41 Å². The Labute approximate surface area is 156 Å². The van der Waals surface area contributed by atoms with Crippen molar-refractivity contribution in [2.45, 2.75) is 83.1 Å². The molecule has 1 atom stereocenters. The molecule has 142 valence electrons. The lowest BCUT2D eigenvalue weighted by atomic mass is 9.62. The second kappa shape index (κ2) is 6.65. The lowest BCUT2D eigenvalue weighted by Gasteiger charge is -2.42. The van der Waals surface area contributed by atoms with Crippen molar-refractivity contribution in [3.63, 3.8) is 0 Å². The monoisotopic (exact) mass is 356 g/mol. The first kappa shape index (κ1) is 16.8. The van der Waals surface area contributed by atoms with Gasteiger partial charge in [0.05, 0.1) is 0 Å². The molecular weight excluding hydrogens is 324 g/mol. The number of nitrogens with zero attached hydrogens (tertiary/aromatic N) is 4. The van der Waals surface area contributed by atoms with Gasteiger partial charge in [0.1, 0.15) is 12.2 Å². The zero-order valence-corrected chi connectivity index (χ0v) is 15.9. The molecule has 1 aliphatic heterocycles. The Morgan fingerprint density at radius 2 is 1.88 bits per heavy atom. The van der Waals surface area contributed by atoms with E-state index in [0.29, 0.717) is 17.7 Å². The number of hydrogen-bond acceptors (Lipinski definition) is 3. The van der Waals surface area contributed by atoms with E-state index in [0.717, 1.165) is 37.8 Å². The molecule has 3 aliphatic carbocycles. The largest absolute Gasteiger partial charge is 0.341 e. The van der Waals surface area contributed by atoms with E-state index in [4.69, 9.17) is 0 Å². The van der Waals surface area contributed by atoms with Gasteiger partial charge in [-0.1, -0.05) is 25.7 Å². The standard InChI is InChI=1S/C21H32N4O/c26-19(11-16-5-2-1-3-6-16)24-13-18(21(14-24)9-4-10-21)20-23-22-15-25(20)12-17-7-8-17/h15-18H,1-14H2. The van der Waals surface area contributed by atoms with E-state index in [1.54, 1.807) is 0 Å². The van der Waals surface area contributed by atoms with Gasteiger partial charge in [-0.3, -0.25) is 4.79 Å². The lowest BCUT2D eigenvalue weighted by molar-refractivity contribution is -0.132. The highest BCUT2D eigenvalue weighted by Gasteiger charge is 2.53. The van der Waals surface area contributed by atoms with Crippen LogP contribution >= 0.6 is 0 Å². The SMILES string of the molecule is O=C(CC1CCCCC1)N1CC(c2nncn2CC2CC2)C2(CCC2)C1. The molecule has 1 aromatic heterocycles. The molecule has 1 spiro atoms. The fourth-order valence-corrected chi connectivity index (χ4v) is 5.67. The average molecular weight is 357 g/mol. The number of hydrogen-bond donors (Lipinski definition) is 0. The predicted molar refractivity (Wildman–Crippen MR) is 99.5 cm³/mol. The van der Waals surface area contributed by atoms with Gasteiger partial charge in [-0.05, 0) is 55.8 Å². The molecule has 0 bridgehead atoms. The Hall–Kier alpha value is -1.39. The summed E-state index contributed by atoms with van der Waals surface area (Å²) in [5, 5.41) is 8.79. The third kappa shape index (κ3) is 3.07. The van der Waals surface area contributed by atoms with Crippen LogP contribution < -0.4 is 0 Å². The summed E-state index contributed by atoms with van der Waals surface area (Å²) in [6, 6.07) is 0. The van der Waals surface area contributed by atoms with E-state index in [2.05, 4.69) is 19.7 Å². The minimum absolute atomic E-state index is 0.288. The van der Waals surface area contributed by atoms with Crippen molar-refractivity contribution in [1.82, 2.24) is 19.7 Å². The molecular formula is C21H32N4O. The Morgan fingerprint density at radius 3 is 2.58 bits per heavy atom. The van der Waals surface area contributed by atoms with Crippen LogP contribution in [0, 0.1) is 17.3 Å². The van der Waals surface area contributed by atoms with Gasteiger partial charge in [-0.25, -0.2) is 0 Å². The quantitative estimate of drug-likeness (QED) is 0.807. The van der Waals surface area contributed by atoms with Crippen molar-refractivity contribution in [2.75, 3.05) is 13.1 Å². The van der Waals surface area contributed by atoms with Crippen LogP contribution in [0.2, 0.25) is 0 Å². The first-order chi connectivity index (χ1) is 12.7. The second-order valence-electron chi connectivity index (χ2n) is 9.54.